The van der Waals surface area contributed by atoms with E-state index in [2.05, 4.69) is 0 Å². The van der Waals surface area contributed by atoms with E-state index in [9.17, 15) is 23.1 Å². The Labute approximate surface area is 149 Å². The highest BCUT2D eigenvalue weighted by molar-refractivity contribution is 5.84. The maximum Gasteiger partial charge on any atom is 0.426 e. The Kier molecular flexibility index (Phi) is 4.25. The maximum atomic E-state index is 13.9. The molecule has 2 aromatic rings. The highest BCUT2D eigenvalue weighted by Crippen LogP contribution is 2.47. The van der Waals surface area contributed by atoms with E-state index >= 15 is 0 Å². The van der Waals surface area contributed by atoms with Gasteiger partial charge in [-0.05, 0) is 38.0 Å². The van der Waals surface area contributed by atoms with E-state index in [0.717, 1.165) is 5.56 Å². The molecule has 1 N–H and O–H groups in total. The van der Waals surface area contributed by atoms with Crippen molar-refractivity contribution in [3.63, 3.8) is 0 Å². The summed E-state index contributed by atoms with van der Waals surface area (Å²) in [6.45, 7) is 5.27. The normalized spacial score (nSPS) is 22.5. The summed E-state index contributed by atoms with van der Waals surface area (Å²) >= 11 is 0. The van der Waals surface area contributed by atoms with Crippen LogP contribution in [0.5, 0.6) is 5.75 Å². The predicted molar refractivity (Wildman–Crippen MR) is 90.6 cm³/mol. The summed E-state index contributed by atoms with van der Waals surface area (Å²) in [5.41, 5.74) is 0.574. The third-order valence-corrected chi connectivity index (χ3v) is 4.79. The molecular formula is C20H19F3O3. The van der Waals surface area contributed by atoms with Crippen molar-refractivity contribution in [3.8, 4) is 5.75 Å². The second-order valence-electron chi connectivity index (χ2n) is 6.98. The van der Waals surface area contributed by atoms with Gasteiger partial charge in [-0.2, -0.15) is 13.2 Å². The van der Waals surface area contributed by atoms with Crippen molar-refractivity contribution in [1.82, 2.24) is 0 Å². The molecule has 2 atom stereocenters. The number of carboxylic acids is 1. The molecule has 0 spiro atoms. The first kappa shape index (κ1) is 18.3. The standard InChI is InChI=1S/C20H19F3O3/c1-11-4-5-16-14(7-11)10-19(18(24)25,17(26-16)20(21,22)23)15-8-12(2)6-13(3)9-15/h4-9,17H,10H2,1-3H3,(H,24,25). The van der Waals surface area contributed by atoms with Gasteiger partial charge < -0.3 is 9.84 Å². The van der Waals surface area contributed by atoms with E-state index in [4.69, 9.17) is 4.74 Å². The lowest BCUT2D eigenvalue weighted by atomic mass is 9.68. The van der Waals surface area contributed by atoms with Gasteiger partial charge >= 0.3 is 12.1 Å². The molecule has 2 aromatic carbocycles. The van der Waals surface area contributed by atoms with Crippen molar-refractivity contribution in [2.45, 2.75) is 44.9 Å². The van der Waals surface area contributed by atoms with Gasteiger partial charge in [-0.3, -0.25) is 4.79 Å². The fourth-order valence-corrected chi connectivity index (χ4v) is 3.73. The lowest BCUT2D eigenvalue weighted by molar-refractivity contribution is -0.224. The molecular weight excluding hydrogens is 345 g/mol. The molecule has 0 saturated carbocycles. The van der Waals surface area contributed by atoms with E-state index in [1.807, 2.05) is 0 Å². The van der Waals surface area contributed by atoms with Crippen molar-refractivity contribution in [1.29, 1.82) is 0 Å². The molecule has 1 aliphatic rings. The van der Waals surface area contributed by atoms with Crippen LogP contribution in [0.3, 0.4) is 0 Å². The summed E-state index contributed by atoms with van der Waals surface area (Å²) in [5.74, 6) is -1.46. The minimum Gasteiger partial charge on any atom is -0.480 e. The van der Waals surface area contributed by atoms with Gasteiger partial charge in [0.15, 0.2) is 0 Å². The number of benzene rings is 2. The zero-order chi connectivity index (χ0) is 19.3. The van der Waals surface area contributed by atoms with Crippen molar-refractivity contribution < 1.29 is 27.8 Å². The topological polar surface area (TPSA) is 46.5 Å². The van der Waals surface area contributed by atoms with E-state index in [1.54, 1.807) is 39.0 Å². The van der Waals surface area contributed by atoms with Gasteiger partial charge in [-0.15, -0.1) is 0 Å². The van der Waals surface area contributed by atoms with Gasteiger partial charge in [0, 0.05) is 6.42 Å². The summed E-state index contributed by atoms with van der Waals surface area (Å²) in [6, 6.07) is 9.60. The van der Waals surface area contributed by atoms with Crippen molar-refractivity contribution in [2.75, 3.05) is 0 Å². The fraction of sp³-hybridized carbons (Fsp3) is 0.350. The van der Waals surface area contributed by atoms with Crippen LogP contribution in [0.1, 0.15) is 27.8 Å². The Morgan fingerprint density at radius 1 is 1.08 bits per heavy atom. The van der Waals surface area contributed by atoms with Crippen LogP contribution in [0.15, 0.2) is 36.4 Å². The van der Waals surface area contributed by atoms with Crippen LogP contribution in [-0.2, 0) is 16.6 Å². The fourth-order valence-electron chi connectivity index (χ4n) is 3.73. The molecule has 3 rings (SSSR count). The molecule has 0 fully saturated rings. The highest BCUT2D eigenvalue weighted by Gasteiger charge is 2.63. The van der Waals surface area contributed by atoms with Crippen LogP contribution < -0.4 is 4.74 Å². The molecule has 0 aliphatic carbocycles. The molecule has 0 radical (unpaired) electrons. The number of aryl methyl sites for hydroxylation is 3. The minimum absolute atomic E-state index is 0.0826. The molecule has 0 saturated heterocycles. The number of carbonyl (C=O) groups is 1. The van der Waals surface area contributed by atoms with E-state index in [-0.39, 0.29) is 17.7 Å². The average molecular weight is 364 g/mol. The number of halogens is 3. The van der Waals surface area contributed by atoms with E-state index in [1.165, 1.54) is 18.2 Å². The van der Waals surface area contributed by atoms with Gasteiger partial charge in [-0.25, -0.2) is 0 Å². The summed E-state index contributed by atoms with van der Waals surface area (Å²) in [7, 11) is 0. The molecule has 3 nitrogen and oxygen atoms in total. The van der Waals surface area contributed by atoms with Crippen LogP contribution >= 0.6 is 0 Å². The third kappa shape index (κ3) is 2.93. The Morgan fingerprint density at radius 3 is 2.23 bits per heavy atom. The number of aliphatic carboxylic acids is 1. The van der Waals surface area contributed by atoms with Crippen LogP contribution in [-0.4, -0.2) is 23.4 Å². The molecule has 1 aliphatic heterocycles. The highest BCUT2D eigenvalue weighted by atomic mass is 19.4. The van der Waals surface area contributed by atoms with Gasteiger partial charge in [0.1, 0.15) is 11.2 Å². The number of carboxylic acid groups (broad SMARTS) is 1. The molecule has 138 valence electrons. The van der Waals surface area contributed by atoms with Crippen LogP contribution in [0.2, 0.25) is 0 Å². The second kappa shape index (κ2) is 6.04. The minimum atomic E-state index is -4.83. The quantitative estimate of drug-likeness (QED) is 0.853. The Bertz CT molecular complexity index is 853. The van der Waals surface area contributed by atoms with Gasteiger partial charge in [-0.1, -0.05) is 47.0 Å². The summed E-state index contributed by atoms with van der Waals surface area (Å²) in [6.07, 6.45) is -7.59. The average Bonchev–Trinajstić information content (AvgIpc) is 2.51. The largest absolute Gasteiger partial charge is 0.480 e. The van der Waals surface area contributed by atoms with E-state index < -0.39 is 23.7 Å². The first-order valence-corrected chi connectivity index (χ1v) is 8.19. The number of rotatable bonds is 2. The third-order valence-electron chi connectivity index (χ3n) is 4.79. The predicted octanol–water partition coefficient (Wildman–Crippen LogP) is 4.50. The van der Waals surface area contributed by atoms with Crippen LogP contribution in [0.25, 0.3) is 0 Å². The Balaban J connectivity index is 2.30. The number of ether oxygens (including phenoxy) is 1. The van der Waals surface area contributed by atoms with Crippen molar-refractivity contribution in [2.24, 2.45) is 0 Å². The summed E-state index contributed by atoms with van der Waals surface area (Å²) < 4.78 is 46.9. The van der Waals surface area contributed by atoms with Gasteiger partial charge in [0.25, 0.3) is 0 Å². The summed E-state index contributed by atoms with van der Waals surface area (Å²) in [4.78, 5) is 12.3. The molecule has 0 bridgehead atoms. The lowest BCUT2D eigenvalue weighted by Gasteiger charge is -2.42. The smallest absolute Gasteiger partial charge is 0.426 e. The van der Waals surface area contributed by atoms with Gasteiger partial charge in [0.2, 0.25) is 6.10 Å². The molecule has 26 heavy (non-hydrogen) atoms. The Morgan fingerprint density at radius 2 is 1.69 bits per heavy atom. The monoisotopic (exact) mass is 364 g/mol. The summed E-state index contributed by atoms with van der Waals surface area (Å²) in [5, 5.41) is 9.97. The first-order valence-electron chi connectivity index (χ1n) is 8.19. The zero-order valence-corrected chi connectivity index (χ0v) is 14.6. The van der Waals surface area contributed by atoms with Gasteiger partial charge in [0.05, 0.1) is 0 Å². The molecule has 0 aromatic heterocycles. The van der Waals surface area contributed by atoms with E-state index in [0.29, 0.717) is 16.7 Å². The zero-order valence-electron chi connectivity index (χ0n) is 14.6. The van der Waals surface area contributed by atoms with Crippen molar-refractivity contribution >= 4 is 5.97 Å². The lowest BCUT2D eigenvalue weighted by Crippen LogP contribution is -2.59. The number of alkyl halides is 3. The molecule has 2 unspecified atom stereocenters. The van der Waals surface area contributed by atoms with Crippen molar-refractivity contribution in [3.05, 3.63) is 64.2 Å². The van der Waals surface area contributed by atoms with Crippen LogP contribution in [0.4, 0.5) is 13.2 Å². The maximum absolute atomic E-state index is 13.9. The number of hydrogen-bond donors (Lipinski definition) is 1. The molecule has 1 heterocycles. The number of hydrogen-bond acceptors (Lipinski definition) is 2. The second-order valence-corrected chi connectivity index (χ2v) is 6.98. The first-order chi connectivity index (χ1) is 12.0. The SMILES string of the molecule is Cc1cc(C)cc(C2(C(=O)O)Cc3cc(C)ccc3OC2C(F)(F)F)c1. The molecule has 6 heteroatoms. The molecule has 0 amide bonds. The van der Waals surface area contributed by atoms with Crippen LogP contribution in [0, 0.1) is 20.8 Å². The Hall–Kier alpha value is -2.50. The number of fused-ring (bicyclic) bond motifs is 1.